The molecule has 0 aliphatic carbocycles. The molecule has 26 heavy (non-hydrogen) atoms. The molecule has 2 aromatic rings. The number of nitrogens with zero attached hydrogens (tertiary/aromatic N) is 2. The van der Waals surface area contributed by atoms with Gasteiger partial charge in [-0.05, 0) is 56.9 Å². The second-order valence-electron chi connectivity index (χ2n) is 6.74. The van der Waals surface area contributed by atoms with Crippen LogP contribution in [0.3, 0.4) is 0 Å². The fourth-order valence-corrected chi connectivity index (χ4v) is 3.91. The molecule has 1 saturated heterocycles. The van der Waals surface area contributed by atoms with E-state index in [0.717, 1.165) is 42.2 Å². The molecule has 140 valence electrons. The lowest BCUT2D eigenvalue weighted by atomic mass is 9.98. The Kier molecular flexibility index (Phi) is 7.03. The third-order valence-corrected chi connectivity index (χ3v) is 5.62. The molecule has 1 fully saturated rings. The van der Waals surface area contributed by atoms with Crippen molar-refractivity contribution < 1.29 is 9.53 Å². The molecule has 3 rings (SSSR count). The number of ether oxygens (including phenoxy) is 1. The van der Waals surface area contributed by atoms with Gasteiger partial charge in [0.2, 0.25) is 0 Å². The predicted octanol–water partition coefficient (Wildman–Crippen LogP) is 4.87. The number of benzene rings is 1. The van der Waals surface area contributed by atoms with Crippen LogP contribution in [-0.2, 0) is 4.74 Å². The highest BCUT2D eigenvalue weighted by Gasteiger charge is 2.20. The molecule has 1 aliphatic rings. The molecule has 0 spiro atoms. The van der Waals surface area contributed by atoms with Crippen LogP contribution in [0.15, 0.2) is 35.8 Å². The van der Waals surface area contributed by atoms with Gasteiger partial charge in [-0.1, -0.05) is 25.5 Å². The third kappa shape index (κ3) is 5.29. The molecule has 1 aliphatic heterocycles. The number of carbonyl (C=O) groups is 1. The van der Waals surface area contributed by atoms with E-state index < -0.39 is 0 Å². The van der Waals surface area contributed by atoms with Crippen LogP contribution in [0.25, 0.3) is 10.6 Å². The first-order valence-corrected chi connectivity index (χ1v) is 10.3. The van der Waals surface area contributed by atoms with Crippen LogP contribution in [0.2, 0.25) is 0 Å². The van der Waals surface area contributed by atoms with E-state index in [2.05, 4.69) is 22.1 Å². The number of carbonyl (C=O) groups excluding carboxylic acids is 1. The summed E-state index contributed by atoms with van der Waals surface area (Å²) in [7, 11) is 0. The number of amides is 1. The molecule has 6 heteroatoms. The Labute approximate surface area is 159 Å². The number of nitrogens with one attached hydrogen (secondary N) is 1. The van der Waals surface area contributed by atoms with Crippen molar-refractivity contribution in [3.8, 4) is 10.6 Å². The molecular formula is C20H27N3O2S. The number of rotatable bonds is 7. The molecular weight excluding hydrogens is 346 g/mol. The number of likely N-dealkylation sites (tertiary alicyclic amines) is 1. The standard InChI is InChI=1S/C20H27N3O2S/c1-2-3-11-23-12-8-16(9-13-23)15-25-20(24)22-18-7-5-4-6-17(18)19-21-10-14-26-19/h4-7,10,14,16H,2-3,8-9,11-13,15H2,1H3,(H,22,24). The van der Waals surface area contributed by atoms with Crippen molar-refractivity contribution >= 4 is 23.1 Å². The van der Waals surface area contributed by atoms with Gasteiger partial charge in [-0.2, -0.15) is 0 Å². The Hall–Kier alpha value is -1.92. The van der Waals surface area contributed by atoms with E-state index in [1.165, 1.54) is 19.4 Å². The maximum Gasteiger partial charge on any atom is 0.411 e. The molecule has 0 bridgehead atoms. The summed E-state index contributed by atoms with van der Waals surface area (Å²) in [5.74, 6) is 0.466. The second-order valence-corrected chi connectivity index (χ2v) is 7.64. The molecule has 1 amide bonds. The first-order valence-electron chi connectivity index (χ1n) is 9.41. The number of hydrogen-bond acceptors (Lipinski definition) is 5. The predicted molar refractivity (Wildman–Crippen MR) is 107 cm³/mol. The van der Waals surface area contributed by atoms with Crippen LogP contribution in [-0.4, -0.2) is 42.2 Å². The summed E-state index contributed by atoms with van der Waals surface area (Å²) in [6.07, 6.45) is 6.09. The molecule has 1 aromatic carbocycles. The summed E-state index contributed by atoms with van der Waals surface area (Å²) in [6.45, 7) is 6.14. The zero-order chi connectivity index (χ0) is 18.2. The molecule has 1 aromatic heterocycles. The third-order valence-electron chi connectivity index (χ3n) is 4.81. The lowest BCUT2D eigenvalue weighted by molar-refractivity contribution is 0.104. The Morgan fingerprint density at radius 3 is 2.88 bits per heavy atom. The van der Waals surface area contributed by atoms with Crippen LogP contribution >= 0.6 is 11.3 Å². The summed E-state index contributed by atoms with van der Waals surface area (Å²) >= 11 is 1.55. The zero-order valence-corrected chi connectivity index (χ0v) is 16.1. The van der Waals surface area contributed by atoms with Crippen LogP contribution in [0.5, 0.6) is 0 Å². The van der Waals surface area contributed by atoms with Gasteiger partial charge >= 0.3 is 6.09 Å². The average Bonchev–Trinajstić information content (AvgIpc) is 3.20. The smallest absolute Gasteiger partial charge is 0.411 e. The van der Waals surface area contributed by atoms with E-state index in [-0.39, 0.29) is 6.09 Å². The van der Waals surface area contributed by atoms with Crippen LogP contribution in [0.4, 0.5) is 10.5 Å². The summed E-state index contributed by atoms with van der Waals surface area (Å²) in [4.78, 5) is 19.1. The number of para-hydroxylation sites is 1. The number of thiazole rings is 1. The summed E-state index contributed by atoms with van der Waals surface area (Å²) in [6, 6.07) is 7.68. The van der Waals surface area contributed by atoms with Crippen LogP contribution in [0.1, 0.15) is 32.6 Å². The van der Waals surface area contributed by atoms with Crippen molar-refractivity contribution in [2.24, 2.45) is 5.92 Å². The highest BCUT2D eigenvalue weighted by atomic mass is 32.1. The maximum absolute atomic E-state index is 12.2. The van der Waals surface area contributed by atoms with Gasteiger partial charge in [-0.15, -0.1) is 11.3 Å². The quantitative estimate of drug-likeness (QED) is 0.752. The number of hydrogen-bond donors (Lipinski definition) is 1. The van der Waals surface area contributed by atoms with Crippen molar-refractivity contribution in [1.29, 1.82) is 0 Å². The highest BCUT2D eigenvalue weighted by molar-refractivity contribution is 7.13. The van der Waals surface area contributed by atoms with Crippen molar-refractivity contribution in [2.75, 3.05) is 31.6 Å². The van der Waals surface area contributed by atoms with Gasteiger partial charge in [-0.3, -0.25) is 5.32 Å². The van der Waals surface area contributed by atoms with E-state index in [4.69, 9.17) is 4.74 Å². The van der Waals surface area contributed by atoms with Crippen molar-refractivity contribution in [3.05, 3.63) is 35.8 Å². The van der Waals surface area contributed by atoms with E-state index in [1.807, 2.05) is 29.6 Å². The number of aromatic nitrogens is 1. The molecule has 0 unspecified atom stereocenters. The van der Waals surface area contributed by atoms with Gasteiger partial charge in [0.15, 0.2) is 0 Å². The molecule has 1 N–H and O–H groups in total. The van der Waals surface area contributed by atoms with Gasteiger partial charge in [0.1, 0.15) is 5.01 Å². The minimum atomic E-state index is -0.387. The van der Waals surface area contributed by atoms with E-state index in [0.29, 0.717) is 12.5 Å². The minimum absolute atomic E-state index is 0.387. The maximum atomic E-state index is 12.2. The minimum Gasteiger partial charge on any atom is -0.449 e. The summed E-state index contributed by atoms with van der Waals surface area (Å²) in [5, 5.41) is 5.69. The first kappa shape index (κ1) is 18.9. The van der Waals surface area contributed by atoms with E-state index >= 15 is 0 Å². The first-order chi connectivity index (χ1) is 12.8. The molecule has 0 radical (unpaired) electrons. The number of piperidine rings is 1. The molecule has 0 saturated carbocycles. The molecule has 0 atom stereocenters. The van der Waals surface area contributed by atoms with E-state index in [1.54, 1.807) is 17.5 Å². The number of unbranched alkanes of at least 4 members (excludes halogenated alkanes) is 1. The van der Waals surface area contributed by atoms with Gasteiger partial charge < -0.3 is 9.64 Å². The van der Waals surface area contributed by atoms with Crippen LogP contribution in [0, 0.1) is 5.92 Å². The van der Waals surface area contributed by atoms with E-state index in [9.17, 15) is 4.79 Å². The lowest BCUT2D eigenvalue weighted by Gasteiger charge is -2.31. The van der Waals surface area contributed by atoms with Crippen molar-refractivity contribution in [3.63, 3.8) is 0 Å². The summed E-state index contributed by atoms with van der Waals surface area (Å²) < 4.78 is 5.49. The topological polar surface area (TPSA) is 54.5 Å². The second kappa shape index (κ2) is 9.69. The number of anilines is 1. The molecule has 5 nitrogen and oxygen atoms in total. The zero-order valence-electron chi connectivity index (χ0n) is 15.3. The SMILES string of the molecule is CCCCN1CCC(COC(=O)Nc2ccccc2-c2nccs2)CC1. The monoisotopic (exact) mass is 373 g/mol. The lowest BCUT2D eigenvalue weighted by Crippen LogP contribution is -2.36. The Bertz CT molecular complexity index is 682. The van der Waals surface area contributed by atoms with Gasteiger partial charge in [0, 0.05) is 17.1 Å². The van der Waals surface area contributed by atoms with Gasteiger partial charge in [-0.25, -0.2) is 9.78 Å². The fourth-order valence-electron chi connectivity index (χ4n) is 3.23. The highest BCUT2D eigenvalue weighted by Crippen LogP contribution is 2.29. The Balaban J connectivity index is 1.46. The Morgan fingerprint density at radius 1 is 1.35 bits per heavy atom. The normalized spacial score (nSPS) is 15.7. The van der Waals surface area contributed by atoms with Crippen LogP contribution < -0.4 is 5.32 Å². The summed E-state index contributed by atoms with van der Waals surface area (Å²) in [5.41, 5.74) is 1.66. The molecule has 2 heterocycles. The van der Waals surface area contributed by atoms with Crippen molar-refractivity contribution in [2.45, 2.75) is 32.6 Å². The van der Waals surface area contributed by atoms with Gasteiger partial charge in [0.25, 0.3) is 0 Å². The van der Waals surface area contributed by atoms with Crippen molar-refractivity contribution in [1.82, 2.24) is 9.88 Å². The Morgan fingerprint density at radius 2 is 2.15 bits per heavy atom. The van der Waals surface area contributed by atoms with Gasteiger partial charge in [0.05, 0.1) is 12.3 Å². The average molecular weight is 374 g/mol. The fraction of sp³-hybridized carbons (Fsp3) is 0.500. The largest absolute Gasteiger partial charge is 0.449 e.